The molecule has 0 aromatic heterocycles. The summed E-state index contributed by atoms with van der Waals surface area (Å²) in [5.74, 6) is -1.13. The summed E-state index contributed by atoms with van der Waals surface area (Å²) in [6.07, 6.45) is 22.1. The van der Waals surface area contributed by atoms with Crippen LogP contribution in [0.1, 0.15) is 162 Å². The lowest BCUT2D eigenvalue weighted by atomic mass is 9.85. The molecule has 0 aromatic rings. The van der Waals surface area contributed by atoms with E-state index in [1.165, 1.54) is 38.5 Å². The minimum absolute atomic E-state index is 0.0788. The Balaban J connectivity index is 2.52. The van der Waals surface area contributed by atoms with Crippen LogP contribution in [0.15, 0.2) is 36.5 Å². The van der Waals surface area contributed by atoms with Gasteiger partial charge in [-0.1, -0.05) is 115 Å². The van der Waals surface area contributed by atoms with Gasteiger partial charge >= 0.3 is 19.8 Å². The summed E-state index contributed by atoms with van der Waals surface area (Å²) in [4.78, 5) is 35.5. The number of phosphoric acid groups is 1. The van der Waals surface area contributed by atoms with Gasteiger partial charge in [-0.25, -0.2) is 4.57 Å². The number of allylic oxidation sites excluding steroid dienone is 6. The summed E-state index contributed by atoms with van der Waals surface area (Å²) in [5, 5.41) is 50.0. The Hall–Kier alpha value is -1.93. The number of esters is 2. The predicted molar refractivity (Wildman–Crippen MR) is 216 cm³/mol. The number of hydrogen-bond donors (Lipinski definition) is 6. The highest BCUT2D eigenvalue weighted by molar-refractivity contribution is 7.47. The number of phosphoric ester groups is 1. The van der Waals surface area contributed by atoms with E-state index in [1.54, 1.807) is 0 Å². The Bertz CT molecular complexity index is 1130. The second-order valence-electron chi connectivity index (χ2n) is 14.8. The van der Waals surface area contributed by atoms with Crippen LogP contribution in [0.25, 0.3) is 0 Å². The quantitative estimate of drug-likeness (QED) is 0.0162. The van der Waals surface area contributed by atoms with Crippen molar-refractivity contribution in [3.63, 3.8) is 0 Å². The van der Waals surface area contributed by atoms with Gasteiger partial charge in [0.1, 0.15) is 43.2 Å². The first-order chi connectivity index (χ1) is 26.9. The van der Waals surface area contributed by atoms with Crippen LogP contribution in [0.4, 0.5) is 0 Å². The largest absolute Gasteiger partial charge is 0.472 e. The normalized spacial score (nSPS) is 23.2. The van der Waals surface area contributed by atoms with Gasteiger partial charge in [-0.2, -0.15) is 0 Å². The highest BCUT2D eigenvalue weighted by Gasteiger charge is 2.51. The molecular weight excluding hydrogens is 743 g/mol. The highest BCUT2D eigenvalue weighted by Crippen LogP contribution is 2.47. The lowest BCUT2D eigenvalue weighted by Gasteiger charge is -2.41. The lowest BCUT2D eigenvalue weighted by Crippen LogP contribution is -2.64. The van der Waals surface area contributed by atoms with Crippen molar-refractivity contribution in [3.05, 3.63) is 36.5 Å². The fourth-order valence-corrected chi connectivity index (χ4v) is 7.17. The van der Waals surface area contributed by atoms with Crippen molar-refractivity contribution in [2.45, 2.75) is 204 Å². The van der Waals surface area contributed by atoms with E-state index in [4.69, 9.17) is 18.5 Å². The number of rotatable bonds is 34. The molecule has 0 saturated heterocycles. The first-order valence-electron chi connectivity index (χ1n) is 21.3. The van der Waals surface area contributed by atoms with E-state index < -0.39 is 75.7 Å². The molecule has 0 heterocycles. The zero-order valence-electron chi connectivity index (χ0n) is 34.2. The van der Waals surface area contributed by atoms with Crippen LogP contribution in [-0.4, -0.2) is 98.3 Å². The van der Waals surface area contributed by atoms with Gasteiger partial charge in [0, 0.05) is 12.8 Å². The van der Waals surface area contributed by atoms with E-state index in [1.807, 2.05) is 0 Å². The molecule has 0 aromatic carbocycles. The number of aliphatic hydroxyl groups is 5. The van der Waals surface area contributed by atoms with Crippen LogP contribution >= 0.6 is 7.82 Å². The van der Waals surface area contributed by atoms with Crippen molar-refractivity contribution in [3.8, 4) is 0 Å². The van der Waals surface area contributed by atoms with Gasteiger partial charge in [0.05, 0.1) is 6.61 Å². The van der Waals surface area contributed by atoms with Crippen molar-refractivity contribution in [2.75, 3.05) is 13.2 Å². The fourth-order valence-electron chi connectivity index (χ4n) is 6.19. The summed E-state index contributed by atoms with van der Waals surface area (Å²) < 4.78 is 33.4. The van der Waals surface area contributed by atoms with Crippen molar-refractivity contribution < 1.29 is 63.1 Å². The van der Waals surface area contributed by atoms with Crippen molar-refractivity contribution in [1.82, 2.24) is 0 Å². The summed E-state index contributed by atoms with van der Waals surface area (Å²) in [7, 11) is -5.12. The maximum Gasteiger partial charge on any atom is 0.472 e. The Morgan fingerprint density at radius 1 is 0.554 bits per heavy atom. The molecule has 14 heteroatoms. The Kier molecular flexibility index (Phi) is 30.7. The van der Waals surface area contributed by atoms with Crippen LogP contribution in [0.5, 0.6) is 0 Å². The van der Waals surface area contributed by atoms with Crippen LogP contribution in [-0.2, 0) is 32.7 Å². The molecule has 6 N–H and O–H groups in total. The first-order valence-corrected chi connectivity index (χ1v) is 22.8. The fraction of sp³-hybridized carbons (Fsp3) is 0.810. The minimum atomic E-state index is -5.12. The van der Waals surface area contributed by atoms with Crippen molar-refractivity contribution in [1.29, 1.82) is 0 Å². The van der Waals surface area contributed by atoms with Gasteiger partial charge in [0.2, 0.25) is 0 Å². The van der Waals surface area contributed by atoms with Gasteiger partial charge in [-0.3, -0.25) is 18.6 Å². The molecule has 1 aliphatic rings. The smallest absolute Gasteiger partial charge is 0.462 e. The number of carbonyl (C=O) groups is 2. The van der Waals surface area contributed by atoms with Gasteiger partial charge in [0.25, 0.3) is 0 Å². The van der Waals surface area contributed by atoms with Crippen LogP contribution in [0, 0.1) is 0 Å². The Morgan fingerprint density at radius 2 is 0.964 bits per heavy atom. The second-order valence-corrected chi connectivity index (χ2v) is 16.2. The van der Waals surface area contributed by atoms with E-state index in [0.717, 1.165) is 83.5 Å². The molecule has 1 fully saturated rings. The van der Waals surface area contributed by atoms with E-state index >= 15 is 0 Å². The minimum Gasteiger partial charge on any atom is -0.462 e. The molecule has 0 bridgehead atoms. The molecule has 56 heavy (non-hydrogen) atoms. The highest BCUT2D eigenvalue weighted by atomic mass is 31.2. The monoisotopic (exact) mass is 818 g/mol. The first kappa shape index (κ1) is 52.1. The van der Waals surface area contributed by atoms with E-state index in [2.05, 4.69) is 50.3 Å². The topological polar surface area (TPSA) is 210 Å². The molecular formula is C42H75O13P. The molecule has 326 valence electrons. The molecule has 6 unspecified atom stereocenters. The zero-order valence-corrected chi connectivity index (χ0v) is 35.1. The van der Waals surface area contributed by atoms with Crippen molar-refractivity contribution in [2.24, 2.45) is 0 Å². The standard InChI is InChI=1S/C42H75O13P/c1-3-5-7-9-11-13-15-17-18-19-21-23-25-27-29-31-36(44)54-34(32-52-35(43)30-28-26-24-22-20-16-14-12-10-8-6-4-2)33-53-56(50,51)55-42-40(48)38(46)37(45)39(47)41(42)49/h11-14,17-18,34,37-42,45-49H,3-10,15-16,19-33H2,1-2H3,(H,50,51)/b13-11-,14-12-,18-17-/t34-,37?,38-,39?,40?,41?,42?/m1/s1. The molecule has 1 aliphatic carbocycles. The maximum absolute atomic E-state index is 12.8. The molecule has 0 spiro atoms. The van der Waals surface area contributed by atoms with Crippen LogP contribution in [0.3, 0.4) is 0 Å². The molecule has 1 saturated carbocycles. The lowest BCUT2D eigenvalue weighted by molar-refractivity contribution is -0.220. The van der Waals surface area contributed by atoms with E-state index in [9.17, 15) is 44.6 Å². The van der Waals surface area contributed by atoms with Crippen LogP contribution in [0.2, 0.25) is 0 Å². The van der Waals surface area contributed by atoms with Crippen molar-refractivity contribution >= 4 is 19.8 Å². The average Bonchev–Trinajstić information content (AvgIpc) is 3.18. The van der Waals surface area contributed by atoms with Gasteiger partial charge in [0.15, 0.2) is 6.10 Å². The van der Waals surface area contributed by atoms with Gasteiger partial charge in [-0.05, 0) is 70.6 Å². The molecule has 0 amide bonds. The Morgan fingerprint density at radius 3 is 1.46 bits per heavy atom. The van der Waals surface area contributed by atoms with Gasteiger partial charge in [-0.15, -0.1) is 0 Å². The number of unbranched alkanes of at least 4 members (excludes halogenated alkanes) is 16. The average molecular weight is 819 g/mol. The third kappa shape index (κ3) is 25.4. The number of aliphatic hydroxyl groups excluding tert-OH is 5. The summed E-state index contributed by atoms with van der Waals surface area (Å²) in [6, 6.07) is 0. The summed E-state index contributed by atoms with van der Waals surface area (Å²) in [6.45, 7) is 3.20. The second kappa shape index (κ2) is 33.0. The molecule has 8 atom stereocenters. The molecule has 0 aliphatic heterocycles. The Labute approximate surface area is 336 Å². The van der Waals surface area contributed by atoms with E-state index in [-0.39, 0.29) is 12.8 Å². The number of ether oxygens (including phenoxy) is 2. The zero-order chi connectivity index (χ0) is 41.4. The number of hydrogen-bond acceptors (Lipinski definition) is 12. The maximum atomic E-state index is 12.8. The predicted octanol–water partition coefficient (Wildman–Crippen LogP) is 7.44. The molecule has 1 rings (SSSR count). The third-order valence-electron chi connectivity index (χ3n) is 9.70. The van der Waals surface area contributed by atoms with Crippen LogP contribution < -0.4 is 0 Å². The summed E-state index contributed by atoms with van der Waals surface area (Å²) >= 11 is 0. The van der Waals surface area contributed by atoms with Gasteiger partial charge < -0.3 is 39.9 Å². The SMILES string of the molecule is CCCCC/C=C\C/C=C\CCCCCCCC(=O)O[C@H](COC(=O)CCCCCCC/C=C\CCCCC)COP(=O)(O)OC1C(O)C(O)C(O)[C@@H](O)C1O. The molecule has 13 nitrogen and oxygen atoms in total. The number of carbonyl (C=O) groups excluding carboxylic acids is 2. The van der Waals surface area contributed by atoms with E-state index in [0.29, 0.717) is 12.8 Å². The third-order valence-corrected chi connectivity index (χ3v) is 10.7. The molecule has 0 radical (unpaired) electrons. The summed E-state index contributed by atoms with van der Waals surface area (Å²) in [5.41, 5.74) is 0.